The molecule has 1 aromatic carbocycles. The maximum Gasteiger partial charge on any atom is 0.145 e. The van der Waals surface area contributed by atoms with Crippen molar-refractivity contribution in [2.75, 3.05) is 6.61 Å². The molecule has 0 fully saturated rings. The number of aliphatic hydroxyl groups excluding tert-OH is 1. The highest BCUT2D eigenvalue weighted by Crippen LogP contribution is 2.31. The summed E-state index contributed by atoms with van der Waals surface area (Å²) in [5, 5.41) is 18.0. The Labute approximate surface area is 131 Å². The number of aromatic nitrogens is 3. The number of hydrogen-bond donors (Lipinski definition) is 1. The zero-order valence-electron chi connectivity index (χ0n) is 13.6. The van der Waals surface area contributed by atoms with Gasteiger partial charge in [0.05, 0.1) is 18.9 Å². The van der Waals surface area contributed by atoms with Crippen LogP contribution in [0.3, 0.4) is 0 Å². The van der Waals surface area contributed by atoms with Gasteiger partial charge in [0, 0.05) is 5.92 Å². The Morgan fingerprint density at radius 3 is 2.55 bits per heavy atom. The summed E-state index contributed by atoms with van der Waals surface area (Å²) in [6, 6.07) is 7.84. The lowest BCUT2D eigenvalue weighted by atomic mass is 9.97. The zero-order valence-corrected chi connectivity index (χ0v) is 13.6. The lowest BCUT2D eigenvalue weighted by Gasteiger charge is -2.17. The molecule has 0 unspecified atom stereocenters. The van der Waals surface area contributed by atoms with Gasteiger partial charge in [-0.05, 0) is 31.4 Å². The summed E-state index contributed by atoms with van der Waals surface area (Å²) in [5.74, 6) is 1.11. The lowest BCUT2D eigenvalue weighted by Crippen LogP contribution is -2.10. The van der Waals surface area contributed by atoms with E-state index in [0.29, 0.717) is 18.2 Å². The van der Waals surface area contributed by atoms with Crippen LogP contribution in [0.1, 0.15) is 57.3 Å². The summed E-state index contributed by atoms with van der Waals surface area (Å²) in [7, 11) is 0. The number of hydrogen-bond acceptors (Lipinski definition) is 4. The second-order valence-corrected chi connectivity index (χ2v) is 5.32. The molecule has 0 aliphatic carbocycles. The molecule has 0 bridgehead atoms. The molecule has 5 nitrogen and oxygen atoms in total. The molecule has 0 aliphatic rings. The second-order valence-electron chi connectivity index (χ2n) is 5.32. The highest BCUT2D eigenvalue weighted by atomic mass is 16.5. The molecule has 2 rings (SSSR count). The molecule has 0 atom stereocenters. The van der Waals surface area contributed by atoms with Crippen LogP contribution in [-0.2, 0) is 6.61 Å². The van der Waals surface area contributed by atoms with Crippen LogP contribution in [0.5, 0.6) is 5.75 Å². The fraction of sp³-hybridized carbons (Fsp3) is 0.529. The molecule has 1 N–H and O–H groups in total. The fourth-order valence-electron chi connectivity index (χ4n) is 2.66. The van der Waals surface area contributed by atoms with Gasteiger partial charge in [0.2, 0.25) is 0 Å². The molecule has 1 aromatic heterocycles. The number of benzene rings is 1. The molecular weight excluding hydrogens is 278 g/mol. The van der Waals surface area contributed by atoms with Crippen LogP contribution in [-0.4, -0.2) is 26.7 Å². The minimum Gasteiger partial charge on any atom is -0.491 e. The minimum atomic E-state index is -0.0934. The van der Waals surface area contributed by atoms with Crippen LogP contribution in [0.25, 0.3) is 5.69 Å². The third-order valence-electron chi connectivity index (χ3n) is 3.86. The van der Waals surface area contributed by atoms with Gasteiger partial charge < -0.3 is 9.84 Å². The number of nitrogens with zero attached hydrogens (tertiary/aromatic N) is 3. The average Bonchev–Trinajstić information content (AvgIpc) is 2.98. The monoisotopic (exact) mass is 303 g/mol. The first kappa shape index (κ1) is 16.5. The van der Waals surface area contributed by atoms with Crippen LogP contribution in [0, 0.1) is 0 Å². The first-order valence-corrected chi connectivity index (χ1v) is 8.04. The quantitative estimate of drug-likeness (QED) is 0.811. The predicted octanol–water partition coefficient (Wildman–Crippen LogP) is 3.45. The molecule has 0 amide bonds. The van der Waals surface area contributed by atoms with Gasteiger partial charge in [0.1, 0.15) is 17.1 Å². The molecule has 2 aromatic rings. The van der Waals surface area contributed by atoms with Gasteiger partial charge in [-0.25, -0.2) is 4.68 Å². The molecule has 0 aliphatic heterocycles. The van der Waals surface area contributed by atoms with Gasteiger partial charge in [-0.1, -0.05) is 38.1 Å². The number of rotatable bonds is 8. The SMILES string of the molecule is CCCOc1ccccc1-n1nnc(CO)c1C(CC)CC. The zero-order chi connectivity index (χ0) is 15.9. The van der Waals surface area contributed by atoms with Gasteiger partial charge in [-0.3, -0.25) is 0 Å². The van der Waals surface area contributed by atoms with Crippen LogP contribution in [0.4, 0.5) is 0 Å². The van der Waals surface area contributed by atoms with E-state index in [0.717, 1.165) is 36.4 Å². The van der Waals surface area contributed by atoms with Gasteiger partial charge in [0.25, 0.3) is 0 Å². The van der Waals surface area contributed by atoms with E-state index in [2.05, 4.69) is 31.1 Å². The first-order valence-electron chi connectivity index (χ1n) is 8.04. The maximum atomic E-state index is 9.58. The Hall–Kier alpha value is -1.88. The van der Waals surface area contributed by atoms with E-state index < -0.39 is 0 Å². The summed E-state index contributed by atoms with van der Waals surface area (Å²) in [5.41, 5.74) is 2.52. The van der Waals surface area contributed by atoms with E-state index in [1.54, 1.807) is 0 Å². The highest BCUT2D eigenvalue weighted by Gasteiger charge is 2.22. The maximum absolute atomic E-state index is 9.58. The van der Waals surface area contributed by atoms with Crippen LogP contribution >= 0.6 is 0 Å². The van der Waals surface area contributed by atoms with Crippen molar-refractivity contribution in [3.63, 3.8) is 0 Å². The average molecular weight is 303 g/mol. The summed E-state index contributed by atoms with van der Waals surface area (Å²) in [6.45, 7) is 6.94. The topological polar surface area (TPSA) is 60.2 Å². The largest absolute Gasteiger partial charge is 0.491 e. The molecule has 120 valence electrons. The summed E-state index contributed by atoms with van der Waals surface area (Å²) in [6.07, 6.45) is 2.91. The number of aliphatic hydroxyl groups is 1. The predicted molar refractivity (Wildman–Crippen MR) is 86.4 cm³/mol. The van der Waals surface area contributed by atoms with Gasteiger partial charge in [0.15, 0.2) is 0 Å². The molecular formula is C17H25N3O2. The molecule has 0 spiro atoms. The van der Waals surface area contributed by atoms with E-state index in [9.17, 15) is 5.11 Å². The van der Waals surface area contributed by atoms with Crippen molar-refractivity contribution in [3.05, 3.63) is 35.7 Å². The molecule has 5 heteroatoms. The van der Waals surface area contributed by atoms with Crippen molar-refractivity contribution < 1.29 is 9.84 Å². The van der Waals surface area contributed by atoms with E-state index >= 15 is 0 Å². The Morgan fingerprint density at radius 1 is 1.18 bits per heavy atom. The van der Waals surface area contributed by atoms with E-state index in [-0.39, 0.29) is 6.61 Å². The van der Waals surface area contributed by atoms with E-state index in [1.165, 1.54) is 0 Å². The van der Waals surface area contributed by atoms with Crippen molar-refractivity contribution in [2.45, 2.75) is 52.6 Å². The number of ether oxygens (including phenoxy) is 1. The first-order chi connectivity index (χ1) is 10.8. The van der Waals surface area contributed by atoms with Crippen molar-refractivity contribution >= 4 is 0 Å². The second kappa shape index (κ2) is 7.94. The Kier molecular flexibility index (Phi) is 5.95. The van der Waals surface area contributed by atoms with E-state index in [4.69, 9.17) is 4.74 Å². The van der Waals surface area contributed by atoms with Crippen LogP contribution in [0.2, 0.25) is 0 Å². The van der Waals surface area contributed by atoms with Gasteiger partial charge >= 0.3 is 0 Å². The van der Waals surface area contributed by atoms with E-state index in [1.807, 2.05) is 28.9 Å². The lowest BCUT2D eigenvalue weighted by molar-refractivity contribution is 0.274. The van der Waals surface area contributed by atoms with Crippen LogP contribution < -0.4 is 4.74 Å². The van der Waals surface area contributed by atoms with Gasteiger partial charge in [-0.2, -0.15) is 0 Å². The Morgan fingerprint density at radius 2 is 1.91 bits per heavy atom. The number of para-hydroxylation sites is 2. The minimum absolute atomic E-state index is 0.0934. The third-order valence-corrected chi connectivity index (χ3v) is 3.86. The summed E-state index contributed by atoms with van der Waals surface area (Å²) < 4.78 is 7.66. The van der Waals surface area contributed by atoms with Crippen molar-refractivity contribution in [2.24, 2.45) is 0 Å². The van der Waals surface area contributed by atoms with Crippen molar-refractivity contribution in [3.8, 4) is 11.4 Å². The molecule has 0 saturated carbocycles. The molecule has 0 saturated heterocycles. The van der Waals surface area contributed by atoms with Crippen molar-refractivity contribution in [1.82, 2.24) is 15.0 Å². The highest BCUT2D eigenvalue weighted by molar-refractivity contribution is 5.47. The molecule has 22 heavy (non-hydrogen) atoms. The third kappa shape index (κ3) is 3.30. The van der Waals surface area contributed by atoms with Crippen molar-refractivity contribution in [1.29, 1.82) is 0 Å². The standard InChI is InChI=1S/C17H25N3O2/c1-4-11-22-16-10-8-7-9-15(16)20-17(13(5-2)6-3)14(12-21)18-19-20/h7-10,13,21H,4-6,11-12H2,1-3H3. The molecule has 1 heterocycles. The molecule has 0 radical (unpaired) electrons. The summed E-state index contributed by atoms with van der Waals surface area (Å²) in [4.78, 5) is 0. The van der Waals surface area contributed by atoms with Gasteiger partial charge in [-0.15, -0.1) is 5.10 Å². The van der Waals surface area contributed by atoms with Crippen LogP contribution in [0.15, 0.2) is 24.3 Å². The Balaban J connectivity index is 2.51. The summed E-state index contributed by atoms with van der Waals surface area (Å²) >= 11 is 0. The fourth-order valence-corrected chi connectivity index (χ4v) is 2.66. The smallest absolute Gasteiger partial charge is 0.145 e. The Bertz CT molecular complexity index is 591. The normalized spacial score (nSPS) is 11.1.